The van der Waals surface area contributed by atoms with Crippen LogP contribution in [0.15, 0.2) is 58.4 Å². The largest absolute Gasteiger partial charge is 0.416 e. The number of nitrogens with zero attached hydrogens (tertiary/aromatic N) is 1. The summed E-state index contributed by atoms with van der Waals surface area (Å²) in [6.07, 6.45) is -4.43. The van der Waals surface area contributed by atoms with E-state index in [1.165, 1.54) is 12.1 Å². The van der Waals surface area contributed by atoms with Gasteiger partial charge in [0.1, 0.15) is 0 Å². The molecule has 0 saturated carbocycles. The van der Waals surface area contributed by atoms with E-state index in [-0.39, 0.29) is 10.4 Å². The van der Waals surface area contributed by atoms with Gasteiger partial charge in [-0.1, -0.05) is 18.2 Å². The van der Waals surface area contributed by atoms with E-state index in [2.05, 4.69) is 15.5 Å². The molecule has 8 heteroatoms. The molecule has 1 heterocycles. The molecule has 0 amide bonds. The topological polar surface area (TPSA) is 57.2 Å². The first-order valence-corrected chi connectivity index (χ1v) is 7.34. The number of nitrogens with one attached hydrogen (secondary N) is 2. The van der Waals surface area contributed by atoms with Gasteiger partial charge in [0.25, 0.3) is 5.56 Å². The van der Waals surface area contributed by atoms with Gasteiger partial charge in [-0.15, -0.1) is 11.3 Å². The average molecular weight is 337 g/mol. The van der Waals surface area contributed by atoms with E-state index in [0.717, 1.165) is 28.2 Å². The molecule has 3 aromatic rings. The molecular weight excluding hydrogens is 327 g/mol. The molecule has 3 rings (SSSR count). The molecule has 0 aliphatic rings. The fourth-order valence-electron chi connectivity index (χ4n) is 1.94. The van der Waals surface area contributed by atoms with Crippen LogP contribution < -0.4 is 15.7 Å². The first-order valence-electron chi connectivity index (χ1n) is 6.53. The molecular formula is C15H10F3N3OS. The highest BCUT2D eigenvalue weighted by Gasteiger charge is 2.30. The van der Waals surface area contributed by atoms with E-state index in [9.17, 15) is 18.0 Å². The summed E-state index contributed by atoms with van der Waals surface area (Å²) in [4.78, 5) is 14.6. The highest BCUT2D eigenvalue weighted by molar-refractivity contribution is 7.16. The molecule has 0 aliphatic carbocycles. The Kier molecular flexibility index (Phi) is 3.91. The van der Waals surface area contributed by atoms with Crippen molar-refractivity contribution in [3.63, 3.8) is 0 Å². The molecule has 0 bridgehead atoms. The van der Waals surface area contributed by atoms with E-state index in [4.69, 9.17) is 0 Å². The van der Waals surface area contributed by atoms with Crippen LogP contribution in [0.3, 0.4) is 0 Å². The van der Waals surface area contributed by atoms with Crippen LogP contribution in [0, 0.1) is 0 Å². The van der Waals surface area contributed by atoms with Crippen LogP contribution in [-0.2, 0) is 6.18 Å². The van der Waals surface area contributed by atoms with Crippen molar-refractivity contribution in [2.45, 2.75) is 6.18 Å². The number of fused-ring (bicyclic) bond motifs is 1. The maximum Gasteiger partial charge on any atom is 0.416 e. The number of benzene rings is 2. The van der Waals surface area contributed by atoms with Crippen molar-refractivity contribution in [1.82, 2.24) is 4.98 Å². The van der Waals surface area contributed by atoms with Crippen molar-refractivity contribution < 1.29 is 13.2 Å². The highest BCUT2D eigenvalue weighted by Crippen LogP contribution is 2.30. The fourth-order valence-corrected chi connectivity index (χ4v) is 2.76. The molecule has 23 heavy (non-hydrogen) atoms. The van der Waals surface area contributed by atoms with Gasteiger partial charge >= 0.3 is 6.18 Å². The van der Waals surface area contributed by atoms with Crippen LogP contribution >= 0.6 is 11.3 Å². The second-order valence-electron chi connectivity index (χ2n) is 4.66. The smallest absolute Gasteiger partial charge is 0.319 e. The summed E-state index contributed by atoms with van der Waals surface area (Å²) in [6.45, 7) is 0. The Labute approximate surface area is 131 Å². The zero-order valence-electron chi connectivity index (χ0n) is 11.5. The predicted octanol–water partition coefficient (Wildman–Crippen LogP) is 3.54. The first kappa shape index (κ1) is 15.3. The van der Waals surface area contributed by atoms with E-state index in [1.807, 2.05) is 12.1 Å². The third kappa shape index (κ3) is 3.42. The molecule has 0 fully saturated rings. The summed E-state index contributed by atoms with van der Waals surface area (Å²) in [6, 6.07) is 11.8. The number of para-hydroxylation sites is 1. The Bertz CT molecular complexity index is 976. The summed E-state index contributed by atoms with van der Waals surface area (Å²) in [5, 5.41) is 3.91. The molecule has 0 spiro atoms. The maximum absolute atomic E-state index is 12.7. The first-order chi connectivity index (χ1) is 10.9. The van der Waals surface area contributed by atoms with Gasteiger partial charge in [0.2, 0.25) is 4.67 Å². The number of hydrogen-bond donors (Lipinski definition) is 2. The third-order valence-corrected chi connectivity index (χ3v) is 4.06. The van der Waals surface area contributed by atoms with E-state index in [1.54, 1.807) is 12.1 Å². The van der Waals surface area contributed by atoms with Crippen molar-refractivity contribution in [2.75, 3.05) is 5.43 Å². The SMILES string of the molecule is O=c1[nH]c2ccccc2s/c1=N/Nc1cccc(C(F)(F)F)c1. The van der Waals surface area contributed by atoms with Crippen LogP contribution in [0.1, 0.15) is 5.56 Å². The van der Waals surface area contributed by atoms with Crippen LogP contribution in [0.5, 0.6) is 0 Å². The van der Waals surface area contributed by atoms with E-state index < -0.39 is 17.3 Å². The molecule has 118 valence electrons. The Morgan fingerprint density at radius 3 is 2.65 bits per heavy atom. The lowest BCUT2D eigenvalue weighted by Gasteiger charge is -2.07. The molecule has 2 N–H and O–H groups in total. The fraction of sp³-hybridized carbons (Fsp3) is 0.0667. The lowest BCUT2D eigenvalue weighted by atomic mass is 10.2. The lowest BCUT2D eigenvalue weighted by molar-refractivity contribution is -0.137. The minimum atomic E-state index is -4.43. The van der Waals surface area contributed by atoms with Gasteiger partial charge in [-0.3, -0.25) is 10.2 Å². The van der Waals surface area contributed by atoms with Crippen LogP contribution in [0.25, 0.3) is 10.2 Å². The number of rotatable bonds is 2. The molecule has 2 aromatic carbocycles. The van der Waals surface area contributed by atoms with Gasteiger partial charge in [0, 0.05) is 0 Å². The number of H-pyrrole nitrogens is 1. The maximum atomic E-state index is 12.7. The molecule has 0 atom stereocenters. The Morgan fingerprint density at radius 1 is 1.09 bits per heavy atom. The zero-order chi connectivity index (χ0) is 16.4. The summed E-state index contributed by atoms with van der Waals surface area (Å²) in [5.41, 5.74) is 2.14. The van der Waals surface area contributed by atoms with Gasteiger partial charge < -0.3 is 4.98 Å². The normalized spacial score (nSPS) is 12.6. The zero-order valence-corrected chi connectivity index (χ0v) is 12.3. The van der Waals surface area contributed by atoms with Crippen molar-refractivity contribution in [1.29, 1.82) is 0 Å². The molecule has 4 nitrogen and oxygen atoms in total. The summed E-state index contributed by atoms with van der Waals surface area (Å²) >= 11 is 1.15. The number of halogens is 3. The van der Waals surface area contributed by atoms with Gasteiger partial charge in [-0.25, -0.2) is 0 Å². The Balaban J connectivity index is 1.97. The molecule has 1 aromatic heterocycles. The summed E-state index contributed by atoms with van der Waals surface area (Å²) in [5.74, 6) is 0. The van der Waals surface area contributed by atoms with Crippen LogP contribution in [0.2, 0.25) is 0 Å². The predicted molar refractivity (Wildman–Crippen MR) is 83.1 cm³/mol. The molecule has 0 saturated heterocycles. The van der Waals surface area contributed by atoms with E-state index in [0.29, 0.717) is 5.52 Å². The third-order valence-electron chi connectivity index (χ3n) is 3.01. The quantitative estimate of drug-likeness (QED) is 0.703. The Morgan fingerprint density at radius 2 is 1.87 bits per heavy atom. The van der Waals surface area contributed by atoms with Crippen LogP contribution in [-0.4, -0.2) is 4.98 Å². The number of anilines is 1. The van der Waals surface area contributed by atoms with Gasteiger partial charge in [-0.05, 0) is 30.3 Å². The molecule has 0 aliphatic heterocycles. The van der Waals surface area contributed by atoms with Crippen molar-refractivity contribution in [3.8, 4) is 0 Å². The minimum absolute atomic E-state index is 0.126. The van der Waals surface area contributed by atoms with Crippen LogP contribution in [0.4, 0.5) is 18.9 Å². The second kappa shape index (κ2) is 5.88. The lowest BCUT2D eigenvalue weighted by Crippen LogP contribution is -2.25. The van der Waals surface area contributed by atoms with Gasteiger partial charge in [0.05, 0.1) is 21.5 Å². The number of aromatic nitrogens is 1. The number of hydrogen-bond acceptors (Lipinski definition) is 4. The molecule has 0 unspecified atom stereocenters. The number of alkyl halides is 3. The van der Waals surface area contributed by atoms with Crippen molar-refractivity contribution >= 4 is 27.2 Å². The highest BCUT2D eigenvalue weighted by atomic mass is 32.1. The van der Waals surface area contributed by atoms with E-state index >= 15 is 0 Å². The molecule has 0 radical (unpaired) electrons. The number of aromatic amines is 1. The monoisotopic (exact) mass is 337 g/mol. The second-order valence-corrected chi connectivity index (χ2v) is 5.69. The van der Waals surface area contributed by atoms with Gasteiger partial charge in [0.15, 0.2) is 0 Å². The Hall–Kier alpha value is -2.61. The van der Waals surface area contributed by atoms with Crippen molar-refractivity contribution in [3.05, 3.63) is 69.1 Å². The standard InChI is InChI=1S/C15H10F3N3OS/c16-15(17,18)9-4-3-5-10(8-9)20-21-14-13(22)19-11-6-1-2-7-12(11)23-14/h1-8,20H,(H,19,22)/b21-14+. The summed E-state index contributed by atoms with van der Waals surface area (Å²) < 4.78 is 38.9. The van der Waals surface area contributed by atoms with Crippen molar-refractivity contribution in [2.24, 2.45) is 5.10 Å². The average Bonchev–Trinajstić information content (AvgIpc) is 2.52. The summed E-state index contributed by atoms with van der Waals surface area (Å²) in [7, 11) is 0. The minimum Gasteiger partial charge on any atom is -0.319 e. The van der Waals surface area contributed by atoms with Gasteiger partial charge in [-0.2, -0.15) is 18.3 Å².